The molecular formula is C14H16O. The van der Waals surface area contributed by atoms with Crippen LogP contribution in [0.25, 0.3) is 0 Å². The zero-order valence-electron chi connectivity index (χ0n) is 9.29. The number of aldehydes is 1. The first-order chi connectivity index (χ1) is 7.22. The van der Waals surface area contributed by atoms with E-state index in [1.807, 2.05) is 12.1 Å². The second kappa shape index (κ2) is 6.03. The topological polar surface area (TPSA) is 17.1 Å². The van der Waals surface area contributed by atoms with Crippen molar-refractivity contribution < 1.29 is 4.79 Å². The second-order valence-corrected chi connectivity index (χ2v) is 3.97. The summed E-state index contributed by atoms with van der Waals surface area (Å²) in [7, 11) is 0. The first kappa shape index (κ1) is 11.5. The van der Waals surface area contributed by atoms with Crippen molar-refractivity contribution in [2.45, 2.75) is 26.7 Å². The predicted molar refractivity (Wildman–Crippen MR) is 62.5 cm³/mol. The molecule has 0 aliphatic rings. The minimum atomic E-state index is 0.313. The molecule has 15 heavy (non-hydrogen) atoms. The monoisotopic (exact) mass is 200 g/mol. The maximum Gasteiger partial charge on any atom is 0.131 e. The van der Waals surface area contributed by atoms with Crippen molar-refractivity contribution >= 4 is 6.29 Å². The highest BCUT2D eigenvalue weighted by Crippen LogP contribution is 2.08. The molecule has 0 radical (unpaired) electrons. The first-order valence-electron chi connectivity index (χ1n) is 5.24. The van der Waals surface area contributed by atoms with E-state index in [0.717, 1.165) is 18.3 Å². The summed E-state index contributed by atoms with van der Waals surface area (Å²) in [4.78, 5) is 10.1. The normalized spacial score (nSPS) is 9.53. The molecule has 0 atom stereocenters. The quantitative estimate of drug-likeness (QED) is 0.541. The third-order valence-electron chi connectivity index (χ3n) is 2.02. The van der Waals surface area contributed by atoms with E-state index in [2.05, 4.69) is 37.8 Å². The Kier molecular flexibility index (Phi) is 4.63. The van der Waals surface area contributed by atoms with Crippen LogP contribution in [0.5, 0.6) is 0 Å². The molecule has 0 amide bonds. The summed E-state index contributed by atoms with van der Waals surface area (Å²) in [6, 6.07) is 8.22. The maximum absolute atomic E-state index is 10.1. The molecule has 1 rings (SSSR count). The van der Waals surface area contributed by atoms with Crippen LogP contribution < -0.4 is 0 Å². The lowest BCUT2D eigenvalue weighted by molar-refractivity contribution is -0.107. The van der Waals surface area contributed by atoms with Gasteiger partial charge in [0, 0.05) is 5.56 Å². The molecule has 0 spiro atoms. The largest absolute Gasteiger partial charge is 0.302 e. The second-order valence-electron chi connectivity index (χ2n) is 3.97. The van der Waals surface area contributed by atoms with E-state index in [1.54, 1.807) is 0 Å². The van der Waals surface area contributed by atoms with Crippen LogP contribution in [-0.4, -0.2) is 6.29 Å². The van der Waals surface area contributed by atoms with Crippen molar-refractivity contribution in [3.8, 4) is 11.8 Å². The van der Waals surface area contributed by atoms with E-state index in [-0.39, 0.29) is 0 Å². The summed E-state index contributed by atoms with van der Waals surface area (Å²) in [5.74, 6) is 6.42. The summed E-state index contributed by atoms with van der Waals surface area (Å²) in [6.07, 6.45) is 2.23. The minimum Gasteiger partial charge on any atom is -0.302 e. The lowest BCUT2D eigenvalue weighted by Crippen LogP contribution is -1.93. The van der Waals surface area contributed by atoms with Crippen LogP contribution in [0.1, 0.15) is 31.4 Å². The molecule has 78 valence electrons. The van der Waals surface area contributed by atoms with Gasteiger partial charge in [-0.2, -0.15) is 0 Å². The van der Waals surface area contributed by atoms with E-state index < -0.39 is 0 Å². The van der Waals surface area contributed by atoms with Crippen molar-refractivity contribution in [3.05, 3.63) is 35.4 Å². The highest BCUT2D eigenvalue weighted by atomic mass is 16.1. The highest BCUT2D eigenvalue weighted by molar-refractivity contribution is 5.54. The molecule has 0 heterocycles. The van der Waals surface area contributed by atoms with Gasteiger partial charge in [0.05, 0.1) is 6.42 Å². The van der Waals surface area contributed by atoms with E-state index in [1.165, 1.54) is 5.56 Å². The van der Waals surface area contributed by atoms with Gasteiger partial charge in [-0.3, -0.25) is 0 Å². The average Bonchev–Trinajstić information content (AvgIpc) is 2.20. The molecule has 0 aliphatic carbocycles. The molecule has 0 aromatic heterocycles. The number of rotatable bonds is 3. The van der Waals surface area contributed by atoms with Gasteiger partial charge < -0.3 is 4.79 Å². The summed E-state index contributed by atoms with van der Waals surface area (Å²) in [5, 5.41) is 0. The smallest absolute Gasteiger partial charge is 0.131 e. The number of carbonyl (C=O) groups is 1. The van der Waals surface area contributed by atoms with Crippen molar-refractivity contribution in [2.24, 2.45) is 5.92 Å². The van der Waals surface area contributed by atoms with E-state index in [4.69, 9.17) is 0 Å². The zero-order chi connectivity index (χ0) is 11.1. The Balaban J connectivity index is 2.65. The average molecular weight is 200 g/mol. The van der Waals surface area contributed by atoms with Gasteiger partial charge in [-0.05, 0) is 30.0 Å². The van der Waals surface area contributed by atoms with E-state index >= 15 is 0 Å². The molecule has 0 saturated carbocycles. The van der Waals surface area contributed by atoms with Gasteiger partial charge in [0.15, 0.2) is 0 Å². The van der Waals surface area contributed by atoms with Crippen LogP contribution in [0.3, 0.4) is 0 Å². The number of carbonyl (C=O) groups excluding carboxylic acids is 1. The fourth-order valence-corrected chi connectivity index (χ4v) is 1.39. The van der Waals surface area contributed by atoms with Gasteiger partial charge >= 0.3 is 0 Å². The van der Waals surface area contributed by atoms with Gasteiger partial charge in [0.25, 0.3) is 0 Å². The molecule has 1 nitrogen and oxygen atoms in total. The van der Waals surface area contributed by atoms with Crippen molar-refractivity contribution in [1.82, 2.24) is 0 Å². The molecule has 0 saturated heterocycles. The van der Waals surface area contributed by atoms with Gasteiger partial charge in [0.2, 0.25) is 0 Å². The van der Waals surface area contributed by atoms with Gasteiger partial charge in [-0.1, -0.05) is 37.8 Å². The number of hydrogen-bond donors (Lipinski definition) is 0. The van der Waals surface area contributed by atoms with Crippen LogP contribution in [-0.2, 0) is 11.2 Å². The fraction of sp³-hybridized carbons (Fsp3) is 0.357. The molecule has 0 unspecified atom stereocenters. The van der Waals surface area contributed by atoms with Crippen molar-refractivity contribution in [3.63, 3.8) is 0 Å². The maximum atomic E-state index is 10.1. The molecule has 0 fully saturated rings. The molecule has 0 bridgehead atoms. The molecule has 1 heteroatoms. The fourth-order valence-electron chi connectivity index (χ4n) is 1.39. The summed E-state index contributed by atoms with van der Waals surface area (Å²) >= 11 is 0. The highest BCUT2D eigenvalue weighted by Gasteiger charge is 1.96. The van der Waals surface area contributed by atoms with Crippen LogP contribution in [0, 0.1) is 17.8 Å². The summed E-state index contributed by atoms with van der Waals surface area (Å²) in [5.41, 5.74) is 2.32. The standard InChI is InChI=1S/C14H16O/c1-12(2)11-14-8-6-13(7-9-14)5-3-4-10-15/h6-10,12H,4,11H2,1-2H3. The third-order valence-corrected chi connectivity index (χ3v) is 2.02. The van der Waals surface area contributed by atoms with E-state index in [0.29, 0.717) is 12.3 Å². The van der Waals surface area contributed by atoms with Crippen LogP contribution in [0.4, 0.5) is 0 Å². The van der Waals surface area contributed by atoms with Crippen molar-refractivity contribution in [1.29, 1.82) is 0 Å². The van der Waals surface area contributed by atoms with Gasteiger partial charge in [0.1, 0.15) is 6.29 Å². The minimum absolute atomic E-state index is 0.313. The van der Waals surface area contributed by atoms with Crippen LogP contribution in [0.15, 0.2) is 24.3 Å². The Labute approximate surface area is 91.5 Å². The van der Waals surface area contributed by atoms with E-state index in [9.17, 15) is 4.79 Å². The molecule has 1 aromatic rings. The summed E-state index contributed by atoms with van der Waals surface area (Å²) in [6.45, 7) is 4.41. The number of benzene rings is 1. The van der Waals surface area contributed by atoms with Gasteiger partial charge in [-0.15, -0.1) is 0 Å². The Morgan fingerprint density at radius 1 is 1.27 bits per heavy atom. The van der Waals surface area contributed by atoms with Crippen LogP contribution in [0.2, 0.25) is 0 Å². The third kappa shape index (κ3) is 4.46. The Morgan fingerprint density at radius 3 is 2.47 bits per heavy atom. The predicted octanol–water partition coefficient (Wildman–Crippen LogP) is 2.83. The molecule has 0 aliphatic heterocycles. The molecular weight excluding hydrogens is 184 g/mol. The molecule has 0 N–H and O–H groups in total. The summed E-state index contributed by atoms with van der Waals surface area (Å²) < 4.78 is 0. The van der Waals surface area contributed by atoms with Crippen molar-refractivity contribution in [2.75, 3.05) is 0 Å². The lowest BCUT2D eigenvalue weighted by atomic mass is 10.0. The number of hydrogen-bond acceptors (Lipinski definition) is 1. The first-order valence-corrected chi connectivity index (χ1v) is 5.24. The molecule has 1 aromatic carbocycles. The lowest BCUT2D eigenvalue weighted by Gasteiger charge is -2.03. The SMILES string of the molecule is CC(C)Cc1ccc(C#CCC=O)cc1. The zero-order valence-corrected chi connectivity index (χ0v) is 9.29. The Bertz CT molecular complexity index is 363. The van der Waals surface area contributed by atoms with Crippen LogP contribution >= 0.6 is 0 Å². The Hall–Kier alpha value is -1.55. The van der Waals surface area contributed by atoms with Gasteiger partial charge in [-0.25, -0.2) is 0 Å². The Morgan fingerprint density at radius 2 is 1.93 bits per heavy atom.